The fraction of sp³-hybridized carbons (Fsp3) is 0.533. The SMILES string of the molecule is Cc1occc1C(=O)NNC(=O)[C@@H]1CCCN(C(=O)N(C)C)C1. The molecule has 0 spiro atoms. The van der Waals surface area contributed by atoms with E-state index in [1.54, 1.807) is 25.9 Å². The summed E-state index contributed by atoms with van der Waals surface area (Å²) in [4.78, 5) is 39.2. The Kier molecular flexibility index (Phi) is 5.25. The van der Waals surface area contributed by atoms with Crippen molar-refractivity contribution in [1.82, 2.24) is 20.7 Å². The largest absolute Gasteiger partial charge is 0.469 e. The lowest BCUT2D eigenvalue weighted by Gasteiger charge is -2.33. The quantitative estimate of drug-likeness (QED) is 0.785. The number of hydrogen-bond donors (Lipinski definition) is 2. The normalized spacial score (nSPS) is 17.5. The molecule has 1 fully saturated rings. The van der Waals surface area contributed by atoms with Crippen molar-refractivity contribution in [3.8, 4) is 0 Å². The monoisotopic (exact) mass is 322 g/mol. The minimum Gasteiger partial charge on any atom is -0.469 e. The van der Waals surface area contributed by atoms with Crippen LogP contribution < -0.4 is 10.9 Å². The Labute approximate surface area is 134 Å². The summed E-state index contributed by atoms with van der Waals surface area (Å²) < 4.78 is 5.05. The molecule has 126 valence electrons. The van der Waals surface area contributed by atoms with Crippen molar-refractivity contribution in [1.29, 1.82) is 0 Å². The number of carbonyl (C=O) groups excluding carboxylic acids is 3. The molecule has 8 nitrogen and oxygen atoms in total. The van der Waals surface area contributed by atoms with E-state index in [4.69, 9.17) is 4.42 Å². The van der Waals surface area contributed by atoms with Gasteiger partial charge in [-0.05, 0) is 25.8 Å². The van der Waals surface area contributed by atoms with Crippen LogP contribution in [0, 0.1) is 12.8 Å². The molecule has 23 heavy (non-hydrogen) atoms. The van der Waals surface area contributed by atoms with Crippen molar-refractivity contribution in [3.05, 3.63) is 23.7 Å². The molecule has 2 N–H and O–H groups in total. The van der Waals surface area contributed by atoms with Gasteiger partial charge in [0, 0.05) is 27.2 Å². The van der Waals surface area contributed by atoms with Gasteiger partial charge in [-0.1, -0.05) is 0 Å². The summed E-state index contributed by atoms with van der Waals surface area (Å²) in [7, 11) is 3.36. The van der Waals surface area contributed by atoms with Gasteiger partial charge in [-0.3, -0.25) is 20.4 Å². The number of urea groups is 1. The van der Waals surface area contributed by atoms with E-state index in [9.17, 15) is 14.4 Å². The highest BCUT2D eigenvalue weighted by Crippen LogP contribution is 2.17. The number of amides is 4. The van der Waals surface area contributed by atoms with Crippen molar-refractivity contribution < 1.29 is 18.8 Å². The number of carbonyl (C=O) groups is 3. The summed E-state index contributed by atoms with van der Waals surface area (Å²) in [5, 5.41) is 0. The third kappa shape index (κ3) is 4.02. The van der Waals surface area contributed by atoms with E-state index >= 15 is 0 Å². The Morgan fingerprint density at radius 3 is 2.65 bits per heavy atom. The van der Waals surface area contributed by atoms with Gasteiger partial charge < -0.3 is 14.2 Å². The predicted molar refractivity (Wildman–Crippen MR) is 82.4 cm³/mol. The molecule has 1 aromatic heterocycles. The second-order valence-corrected chi connectivity index (χ2v) is 5.80. The minimum absolute atomic E-state index is 0.111. The van der Waals surface area contributed by atoms with Gasteiger partial charge in [0.2, 0.25) is 5.91 Å². The van der Waals surface area contributed by atoms with Crippen LogP contribution in [-0.2, 0) is 4.79 Å². The summed E-state index contributed by atoms with van der Waals surface area (Å²) in [6.45, 7) is 2.66. The third-order valence-electron chi connectivity index (χ3n) is 3.85. The van der Waals surface area contributed by atoms with Crippen LogP contribution >= 0.6 is 0 Å². The molecule has 0 aromatic carbocycles. The van der Waals surface area contributed by atoms with Gasteiger partial charge in [0.05, 0.1) is 17.7 Å². The van der Waals surface area contributed by atoms with Crippen LogP contribution in [0.3, 0.4) is 0 Å². The van der Waals surface area contributed by atoms with E-state index in [-0.39, 0.29) is 17.9 Å². The molecule has 0 bridgehead atoms. The van der Waals surface area contributed by atoms with Crippen molar-refractivity contribution in [2.45, 2.75) is 19.8 Å². The van der Waals surface area contributed by atoms with Gasteiger partial charge >= 0.3 is 6.03 Å². The molecule has 1 aliphatic rings. The van der Waals surface area contributed by atoms with Crippen molar-refractivity contribution in [2.24, 2.45) is 5.92 Å². The molecule has 0 aliphatic carbocycles. The van der Waals surface area contributed by atoms with Crippen LogP contribution in [-0.4, -0.2) is 54.8 Å². The maximum absolute atomic E-state index is 12.2. The summed E-state index contributed by atoms with van der Waals surface area (Å²) in [6.07, 6.45) is 2.86. The van der Waals surface area contributed by atoms with E-state index in [2.05, 4.69) is 10.9 Å². The van der Waals surface area contributed by atoms with Crippen molar-refractivity contribution in [3.63, 3.8) is 0 Å². The van der Waals surface area contributed by atoms with Crippen molar-refractivity contribution in [2.75, 3.05) is 27.2 Å². The first kappa shape index (κ1) is 16.9. The van der Waals surface area contributed by atoms with Gasteiger partial charge in [0.15, 0.2) is 0 Å². The number of hydrogen-bond acceptors (Lipinski definition) is 4. The fourth-order valence-corrected chi connectivity index (χ4v) is 2.56. The lowest BCUT2D eigenvalue weighted by Crippen LogP contribution is -2.51. The van der Waals surface area contributed by atoms with Crippen LogP contribution in [0.4, 0.5) is 4.79 Å². The maximum atomic E-state index is 12.2. The molecule has 1 atom stereocenters. The van der Waals surface area contributed by atoms with Crippen LogP contribution in [0.5, 0.6) is 0 Å². The maximum Gasteiger partial charge on any atom is 0.319 e. The number of nitrogens with one attached hydrogen (secondary N) is 2. The highest BCUT2D eigenvalue weighted by atomic mass is 16.3. The smallest absolute Gasteiger partial charge is 0.319 e. The number of nitrogens with zero attached hydrogens (tertiary/aromatic N) is 2. The standard InChI is InChI=1S/C15H22N4O4/c1-10-12(6-8-23-10)14(21)17-16-13(20)11-5-4-7-19(9-11)15(22)18(2)3/h6,8,11H,4-5,7,9H2,1-3H3,(H,16,20)(H,17,21)/t11-/m1/s1. The summed E-state index contributed by atoms with van der Waals surface area (Å²) in [5.41, 5.74) is 5.18. The molecule has 0 radical (unpaired) electrons. The first-order valence-corrected chi connectivity index (χ1v) is 7.50. The summed E-state index contributed by atoms with van der Waals surface area (Å²) in [5.74, 6) is -0.576. The molecule has 2 rings (SSSR count). The number of aryl methyl sites for hydroxylation is 1. The number of furan rings is 1. The topological polar surface area (TPSA) is 94.9 Å². The molecule has 0 saturated carbocycles. The van der Waals surface area contributed by atoms with E-state index < -0.39 is 5.91 Å². The zero-order chi connectivity index (χ0) is 17.0. The predicted octanol–water partition coefficient (Wildman–Crippen LogP) is 0.743. The average molecular weight is 322 g/mol. The van der Waals surface area contributed by atoms with Crippen molar-refractivity contribution >= 4 is 17.8 Å². The second kappa shape index (κ2) is 7.17. The van der Waals surface area contributed by atoms with Gasteiger partial charge in [-0.25, -0.2) is 4.79 Å². The molecule has 2 heterocycles. The molecule has 1 saturated heterocycles. The van der Waals surface area contributed by atoms with E-state index in [0.717, 1.165) is 6.42 Å². The molecule has 1 aliphatic heterocycles. The molecule has 4 amide bonds. The zero-order valence-corrected chi connectivity index (χ0v) is 13.6. The van der Waals surface area contributed by atoms with Crippen LogP contribution in [0.15, 0.2) is 16.7 Å². The fourth-order valence-electron chi connectivity index (χ4n) is 2.56. The molecule has 0 unspecified atom stereocenters. The Hall–Kier alpha value is -2.51. The van der Waals surface area contributed by atoms with Gasteiger partial charge in [-0.2, -0.15) is 0 Å². The number of rotatable bonds is 2. The Morgan fingerprint density at radius 1 is 1.30 bits per heavy atom. The molecule has 1 aromatic rings. The third-order valence-corrected chi connectivity index (χ3v) is 3.85. The lowest BCUT2D eigenvalue weighted by molar-refractivity contribution is -0.127. The van der Waals surface area contributed by atoms with Gasteiger partial charge in [-0.15, -0.1) is 0 Å². The van der Waals surface area contributed by atoms with Crippen LogP contribution in [0.25, 0.3) is 0 Å². The molecular weight excluding hydrogens is 300 g/mol. The zero-order valence-electron chi connectivity index (χ0n) is 13.6. The Bertz CT molecular complexity index is 596. The van der Waals surface area contributed by atoms with E-state index in [1.807, 2.05) is 0 Å². The van der Waals surface area contributed by atoms with E-state index in [1.165, 1.54) is 17.2 Å². The molecular formula is C15H22N4O4. The van der Waals surface area contributed by atoms with Crippen LogP contribution in [0.2, 0.25) is 0 Å². The summed E-state index contributed by atoms with van der Waals surface area (Å²) >= 11 is 0. The number of hydrazine groups is 1. The van der Waals surface area contributed by atoms with Gasteiger partial charge in [0.1, 0.15) is 5.76 Å². The number of piperidine rings is 1. The Morgan fingerprint density at radius 2 is 2.04 bits per heavy atom. The minimum atomic E-state index is -0.429. The first-order valence-electron chi connectivity index (χ1n) is 7.50. The highest BCUT2D eigenvalue weighted by molar-refractivity contribution is 5.96. The first-order chi connectivity index (χ1) is 10.9. The second-order valence-electron chi connectivity index (χ2n) is 5.80. The lowest BCUT2D eigenvalue weighted by atomic mass is 9.97. The number of likely N-dealkylation sites (tertiary alicyclic amines) is 1. The average Bonchev–Trinajstić information content (AvgIpc) is 2.97. The summed E-state index contributed by atoms with van der Waals surface area (Å²) in [6, 6.07) is 1.43. The Balaban J connectivity index is 1.87. The highest BCUT2D eigenvalue weighted by Gasteiger charge is 2.29. The molecule has 8 heteroatoms. The van der Waals surface area contributed by atoms with Gasteiger partial charge in [0.25, 0.3) is 5.91 Å². The van der Waals surface area contributed by atoms with Crippen LogP contribution in [0.1, 0.15) is 29.0 Å². The van der Waals surface area contributed by atoms with E-state index in [0.29, 0.717) is 30.8 Å².